The predicted molar refractivity (Wildman–Crippen MR) is 152 cm³/mol. The van der Waals surface area contributed by atoms with Gasteiger partial charge in [0.2, 0.25) is 0 Å². The minimum atomic E-state index is -0.154. The fraction of sp³-hybridized carbons (Fsp3) is 0.148. The molecule has 0 N–H and O–H groups in total. The van der Waals surface area contributed by atoms with E-state index in [0.717, 1.165) is 26.7 Å². The van der Waals surface area contributed by atoms with Crippen LogP contribution in [0.1, 0.15) is 11.4 Å². The number of hydrogen-bond acceptors (Lipinski definition) is 10. The Kier molecular flexibility index (Phi) is 7.11. The molecule has 6 rings (SSSR count). The van der Waals surface area contributed by atoms with Crippen molar-refractivity contribution in [3.05, 3.63) is 90.3 Å². The molecule has 0 fully saturated rings. The van der Waals surface area contributed by atoms with Crippen LogP contribution in [0.4, 0.5) is 0 Å². The second kappa shape index (κ2) is 11.1. The molecule has 4 aromatic heterocycles. The number of ether oxygens (including phenoxy) is 1. The number of aliphatic imine (C=N–C) groups is 1. The number of pyridine rings is 2. The third-order valence-electron chi connectivity index (χ3n) is 5.84. The summed E-state index contributed by atoms with van der Waals surface area (Å²) in [5, 5.41) is 9.94. The molecule has 0 spiro atoms. The second-order valence-electron chi connectivity index (χ2n) is 8.46. The molecule has 0 atom stereocenters. The lowest BCUT2D eigenvalue weighted by Crippen LogP contribution is -2.33. The van der Waals surface area contributed by atoms with Crippen molar-refractivity contribution in [2.24, 2.45) is 4.99 Å². The van der Waals surface area contributed by atoms with Crippen molar-refractivity contribution in [1.82, 2.24) is 34.8 Å². The van der Waals surface area contributed by atoms with Gasteiger partial charge >= 0.3 is 0 Å². The fourth-order valence-electron chi connectivity index (χ4n) is 3.95. The Labute approximate surface area is 232 Å². The zero-order valence-electron chi connectivity index (χ0n) is 20.8. The highest BCUT2D eigenvalue weighted by atomic mass is 32.2. The molecule has 5 aromatic rings. The zero-order chi connectivity index (χ0) is 26.6. The number of hydrogen-bond donors (Lipinski definition) is 0. The maximum absolute atomic E-state index is 13.0. The highest BCUT2D eigenvalue weighted by Crippen LogP contribution is 2.31. The zero-order valence-corrected chi connectivity index (χ0v) is 22.5. The van der Waals surface area contributed by atoms with E-state index in [2.05, 4.69) is 30.3 Å². The third-order valence-corrected chi connectivity index (χ3v) is 7.55. The number of nitrogens with zero attached hydrogens (tertiary/aromatic N) is 8. The van der Waals surface area contributed by atoms with Crippen LogP contribution in [-0.2, 0) is 17.9 Å². The van der Waals surface area contributed by atoms with Crippen LogP contribution in [0.2, 0.25) is 0 Å². The molecular formula is C27H22N8O2S2. The highest BCUT2D eigenvalue weighted by Gasteiger charge is 2.29. The molecule has 0 aliphatic carbocycles. The van der Waals surface area contributed by atoms with Crippen molar-refractivity contribution in [1.29, 1.82) is 0 Å². The number of thiazole rings is 1. The predicted octanol–water partition coefficient (Wildman–Crippen LogP) is 4.53. The summed E-state index contributed by atoms with van der Waals surface area (Å²) in [6, 6.07) is 17.1. The number of benzene rings is 1. The SMILES string of the molecule is CSC1=N/C(=C\c2ccccn2)C(=O)N1CCn1cc(COc2ccc3nc(-c4ccccn4)sc3c2)nn1. The fourth-order valence-corrected chi connectivity index (χ4v) is 5.51. The Hall–Kier alpha value is -4.42. The quantitative estimate of drug-likeness (QED) is 0.257. The number of aromatic nitrogens is 6. The number of rotatable bonds is 8. The number of carbonyl (C=O) groups excluding carboxylic acids is 1. The van der Waals surface area contributed by atoms with Gasteiger partial charge in [0.25, 0.3) is 5.91 Å². The Morgan fingerprint density at radius 3 is 2.72 bits per heavy atom. The number of thioether (sulfide) groups is 1. The van der Waals surface area contributed by atoms with E-state index in [-0.39, 0.29) is 12.5 Å². The van der Waals surface area contributed by atoms with Gasteiger partial charge in [0, 0.05) is 18.9 Å². The minimum absolute atomic E-state index is 0.154. The van der Waals surface area contributed by atoms with Gasteiger partial charge in [0.05, 0.1) is 34.3 Å². The summed E-state index contributed by atoms with van der Waals surface area (Å²) in [5.74, 6) is 0.572. The Bertz CT molecular complexity index is 1680. The lowest BCUT2D eigenvalue weighted by Gasteiger charge is -2.16. The van der Waals surface area contributed by atoms with E-state index in [0.29, 0.717) is 35.3 Å². The van der Waals surface area contributed by atoms with Gasteiger partial charge in [-0.2, -0.15) is 0 Å². The van der Waals surface area contributed by atoms with Crippen LogP contribution in [0, 0.1) is 0 Å². The molecule has 0 bridgehead atoms. The minimum Gasteiger partial charge on any atom is -0.487 e. The molecule has 0 unspecified atom stereocenters. The van der Waals surface area contributed by atoms with Gasteiger partial charge in [-0.3, -0.25) is 24.3 Å². The number of carbonyl (C=O) groups is 1. The van der Waals surface area contributed by atoms with Gasteiger partial charge in [0.15, 0.2) is 5.17 Å². The standard InChI is InChI=1S/C27H22N8O2S2/c1-38-27-31-23(14-18-6-2-4-10-28-18)26(36)35(27)13-12-34-16-19(32-33-34)17-37-20-8-9-21-24(15-20)39-25(30-21)22-7-3-5-11-29-22/h2-11,14-16H,12-13,17H2,1H3/b23-14-. The number of fused-ring (bicyclic) bond motifs is 1. The smallest absolute Gasteiger partial charge is 0.278 e. The maximum Gasteiger partial charge on any atom is 0.278 e. The van der Waals surface area contributed by atoms with E-state index in [4.69, 9.17) is 4.74 Å². The average Bonchev–Trinajstić information content (AvgIpc) is 3.69. The summed E-state index contributed by atoms with van der Waals surface area (Å²) in [4.78, 5) is 32.4. The molecule has 0 radical (unpaired) electrons. The van der Waals surface area contributed by atoms with Crippen LogP contribution < -0.4 is 4.74 Å². The first kappa shape index (κ1) is 24.9. The van der Waals surface area contributed by atoms with Crippen molar-refractivity contribution >= 4 is 50.5 Å². The van der Waals surface area contributed by atoms with Crippen LogP contribution in [0.25, 0.3) is 27.0 Å². The van der Waals surface area contributed by atoms with Crippen molar-refractivity contribution in [3.63, 3.8) is 0 Å². The second-order valence-corrected chi connectivity index (χ2v) is 10.3. The van der Waals surface area contributed by atoms with Gasteiger partial charge in [-0.05, 0) is 54.8 Å². The maximum atomic E-state index is 13.0. The average molecular weight is 555 g/mol. The van der Waals surface area contributed by atoms with Crippen molar-refractivity contribution in [2.45, 2.75) is 13.2 Å². The Morgan fingerprint density at radius 2 is 1.92 bits per heavy atom. The van der Waals surface area contributed by atoms with E-state index in [1.54, 1.807) is 39.4 Å². The number of amidine groups is 1. The van der Waals surface area contributed by atoms with Crippen LogP contribution in [0.3, 0.4) is 0 Å². The molecule has 10 nitrogen and oxygen atoms in total. The largest absolute Gasteiger partial charge is 0.487 e. The molecule has 1 amide bonds. The van der Waals surface area contributed by atoms with Crippen LogP contribution in [0.15, 0.2) is 83.9 Å². The first-order valence-corrected chi connectivity index (χ1v) is 14.1. The lowest BCUT2D eigenvalue weighted by molar-refractivity contribution is -0.122. The molecular weight excluding hydrogens is 532 g/mol. The molecule has 5 heterocycles. The molecule has 1 aliphatic heterocycles. The summed E-state index contributed by atoms with van der Waals surface area (Å²) in [5.41, 5.74) is 3.51. The van der Waals surface area contributed by atoms with Crippen LogP contribution in [0.5, 0.6) is 5.75 Å². The molecule has 1 aliphatic rings. The Morgan fingerprint density at radius 1 is 1.05 bits per heavy atom. The number of amides is 1. The van der Waals surface area contributed by atoms with E-state index >= 15 is 0 Å². The van der Waals surface area contributed by atoms with Gasteiger partial charge in [0.1, 0.15) is 28.8 Å². The van der Waals surface area contributed by atoms with Crippen molar-refractivity contribution in [3.8, 4) is 16.5 Å². The molecule has 39 heavy (non-hydrogen) atoms. The third kappa shape index (κ3) is 5.56. The first-order chi connectivity index (χ1) is 19.2. The van der Waals surface area contributed by atoms with Gasteiger partial charge in [-0.25, -0.2) is 9.98 Å². The summed E-state index contributed by atoms with van der Waals surface area (Å²) in [6.07, 6.45) is 8.88. The summed E-state index contributed by atoms with van der Waals surface area (Å²) >= 11 is 3.00. The van der Waals surface area contributed by atoms with E-state index in [1.807, 2.05) is 67.0 Å². The normalized spacial score (nSPS) is 14.4. The van der Waals surface area contributed by atoms with Crippen molar-refractivity contribution in [2.75, 3.05) is 12.8 Å². The highest BCUT2D eigenvalue weighted by molar-refractivity contribution is 8.13. The van der Waals surface area contributed by atoms with E-state index in [1.165, 1.54) is 11.8 Å². The monoisotopic (exact) mass is 554 g/mol. The van der Waals surface area contributed by atoms with E-state index in [9.17, 15) is 4.79 Å². The summed E-state index contributed by atoms with van der Waals surface area (Å²) in [6.45, 7) is 1.16. The molecule has 1 aromatic carbocycles. The molecule has 12 heteroatoms. The molecule has 194 valence electrons. The van der Waals surface area contributed by atoms with E-state index < -0.39 is 0 Å². The summed E-state index contributed by atoms with van der Waals surface area (Å²) in [7, 11) is 0. The molecule has 0 saturated heterocycles. The first-order valence-electron chi connectivity index (χ1n) is 12.1. The summed E-state index contributed by atoms with van der Waals surface area (Å²) < 4.78 is 8.70. The van der Waals surface area contributed by atoms with Crippen molar-refractivity contribution < 1.29 is 9.53 Å². The van der Waals surface area contributed by atoms with Gasteiger partial charge in [-0.1, -0.05) is 29.1 Å². The van der Waals surface area contributed by atoms with Gasteiger partial charge in [-0.15, -0.1) is 16.4 Å². The lowest BCUT2D eigenvalue weighted by atomic mass is 10.3. The Balaban J connectivity index is 1.07. The van der Waals surface area contributed by atoms with Gasteiger partial charge < -0.3 is 4.74 Å². The van der Waals surface area contributed by atoms with Crippen LogP contribution >= 0.6 is 23.1 Å². The molecule has 0 saturated carbocycles. The van der Waals surface area contributed by atoms with Crippen LogP contribution in [-0.4, -0.2) is 58.7 Å². The topological polar surface area (TPSA) is 111 Å².